The monoisotopic (exact) mass is 207 g/mol. The molecule has 1 rings (SSSR count). The van der Waals surface area contributed by atoms with Gasteiger partial charge in [-0.1, -0.05) is 44.7 Å². The maximum Gasteiger partial charge on any atom is 0.352 e. The normalized spacial score (nSPS) is 10.9. The minimum atomic E-state index is -0.974. The van der Waals surface area contributed by atoms with Crippen molar-refractivity contribution in [3.8, 4) is 0 Å². The summed E-state index contributed by atoms with van der Waals surface area (Å²) in [7, 11) is 1.58. The van der Waals surface area contributed by atoms with Gasteiger partial charge in [-0.3, -0.25) is 0 Å². The highest BCUT2D eigenvalue weighted by molar-refractivity contribution is 6.07. The second-order valence-electron chi connectivity index (χ2n) is 2.59. The molecule has 0 aliphatic rings. The third-order valence-electron chi connectivity index (χ3n) is 1.75. The van der Waals surface area contributed by atoms with E-state index in [1.54, 1.807) is 25.2 Å². The van der Waals surface area contributed by atoms with E-state index < -0.39 is 5.97 Å². The van der Waals surface area contributed by atoms with Crippen molar-refractivity contribution in [1.29, 1.82) is 0 Å². The molecule has 0 saturated carbocycles. The molecule has 0 unspecified atom stereocenters. The van der Waals surface area contributed by atoms with Crippen molar-refractivity contribution in [2.45, 2.75) is 13.8 Å². The molecule has 0 radical (unpaired) electrons. The average Bonchev–Trinajstić information content (AvgIpc) is 2.24. The fraction of sp³-hybridized carbons (Fsp3) is 0.250. The first kappa shape index (κ1) is 13.2. The molecule has 0 spiro atoms. The first-order valence-corrected chi connectivity index (χ1v) is 4.86. The smallest absolute Gasteiger partial charge is 0.352 e. The maximum absolute atomic E-state index is 10.8. The molecule has 2 N–H and O–H groups in total. The Kier molecular flexibility index (Phi) is 5.86. The van der Waals surface area contributed by atoms with Crippen LogP contribution in [0.25, 0.3) is 12.3 Å². The summed E-state index contributed by atoms with van der Waals surface area (Å²) in [4.78, 5) is 10.8. The van der Waals surface area contributed by atoms with Gasteiger partial charge in [0.2, 0.25) is 0 Å². The van der Waals surface area contributed by atoms with Crippen LogP contribution in [0.15, 0.2) is 24.3 Å². The second-order valence-corrected chi connectivity index (χ2v) is 2.59. The Morgan fingerprint density at radius 3 is 2.27 bits per heavy atom. The van der Waals surface area contributed by atoms with Crippen molar-refractivity contribution in [2.24, 2.45) is 0 Å². The molecule has 3 heteroatoms. The van der Waals surface area contributed by atoms with Crippen molar-refractivity contribution in [2.75, 3.05) is 7.05 Å². The maximum atomic E-state index is 10.8. The van der Waals surface area contributed by atoms with E-state index in [0.29, 0.717) is 10.4 Å². The minimum Gasteiger partial charge on any atom is -0.477 e. The zero-order valence-electron chi connectivity index (χ0n) is 9.37. The molecule has 0 atom stereocenters. The van der Waals surface area contributed by atoms with E-state index in [1.165, 1.54) is 0 Å². The molecule has 0 bridgehead atoms. The summed E-state index contributed by atoms with van der Waals surface area (Å²) >= 11 is 0. The number of carbonyl (C=O) groups is 1. The van der Waals surface area contributed by atoms with Crippen LogP contribution in [0.3, 0.4) is 0 Å². The van der Waals surface area contributed by atoms with E-state index in [4.69, 9.17) is 5.11 Å². The first-order chi connectivity index (χ1) is 7.16. The van der Waals surface area contributed by atoms with Crippen LogP contribution >= 0.6 is 0 Å². The van der Waals surface area contributed by atoms with Crippen LogP contribution in [0.2, 0.25) is 0 Å². The Hall–Kier alpha value is -1.77. The summed E-state index contributed by atoms with van der Waals surface area (Å²) in [6.45, 7) is 7.75. The zero-order valence-corrected chi connectivity index (χ0v) is 9.37. The third-order valence-corrected chi connectivity index (χ3v) is 1.75. The van der Waals surface area contributed by atoms with E-state index in [9.17, 15) is 4.79 Å². The molecule has 0 aromatic heterocycles. The number of hydrogen-bond donors (Lipinski definition) is 2. The van der Waals surface area contributed by atoms with Crippen LogP contribution in [-0.4, -0.2) is 18.1 Å². The molecular formula is C12H17NO2. The van der Waals surface area contributed by atoms with Crippen LogP contribution in [0.1, 0.15) is 13.8 Å². The van der Waals surface area contributed by atoms with Gasteiger partial charge in [0.15, 0.2) is 0 Å². The van der Waals surface area contributed by atoms with Crippen LogP contribution in [0, 0.1) is 0 Å². The van der Waals surface area contributed by atoms with Gasteiger partial charge in [0.1, 0.15) is 5.70 Å². The Balaban J connectivity index is 0.000000921. The van der Waals surface area contributed by atoms with Crippen molar-refractivity contribution in [3.05, 3.63) is 34.7 Å². The van der Waals surface area contributed by atoms with E-state index in [0.717, 1.165) is 0 Å². The number of carboxylic acid groups (broad SMARTS) is 1. The predicted molar refractivity (Wildman–Crippen MR) is 62.7 cm³/mol. The highest BCUT2D eigenvalue weighted by Crippen LogP contribution is 1.83. The van der Waals surface area contributed by atoms with Crippen molar-refractivity contribution < 1.29 is 9.90 Å². The highest BCUT2D eigenvalue weighted by Gasteiger charge is 2.04. The van der Waals surface area contributed by atoms with Gasteiger partial charge in [-0.2, -0.15) is 0 Å². The average molecular weight is 207 g/mol. The van der Waals surface area contributed by atoms with Crippen LogP contribution < -0.4 is 15.8 Å². The Bertz CT molecular complexity index is 423. The number of hydrogen-bond acceptors (Lipinski definition) is 2. The van der Waals surface area contributed by atoms with E-state index >= 15 is 0 Å². The third kappa shape index (κ3) is 3.46. The summed E-state index contributed by atoms with van der Waals surface area (Å²) < 4.78 is 0. The van der Waals surface area contributed by atoms with Gasteiger partial charge in [0.25, 0.3) is 0 Å². The predicted octanol–water partition coefficient (Wildman–Crippen LogP) is 0.535. The van der Waals surface area contributed by atoms with Gasteiger partial charge in [-0.25, -0.2) is 4.79 Å². The summed E-state index contributed by atoms with van der Waals surface area (Å²) in [5.41, 5.74) is 0.172. The van der Waals surface area contributed by atoms with Gasteiger partial charge in [0, 0.05) is 12.3 Å². The van der Waals surface area contributed by atoms with E-state index in [2.05, 4.69) is 11.9 Å². The molecule has 0 aliphatic heterocycles. The molecule has 1 aromatic carbocycles. The zero-order chi connectivity index (χ0) is 11.8. The van der Waals surface area contributed by atoms with Crippen LogP contribution in [0.5, 0.6) is 0 Å². The summed E-state index contributed by atoms with van der Waals surface area (Å²) in [6, 6.07) is 7.10. The molecule has 0 saturated heterocycles. The topological polar surface area (TPSA) is 49.3 Å². The summed E-state index contributed by atoms with van der Waals surface area (Å²) in [6.07, 6.45) is 0. The van der Waals surface area contributed by atoms with Gasteiger partial charge in [-0.15, -0.1) is 0 Å². The molecule has 3 nitrogen and oxygen atoms in total. The molecule has 0 aliphatic carbocycles. The number of carboxylic acids is 1. The lowest BCUT2D eigenvalue weighted by Crippen LogP contribution is -2.33. The standard InChI is InChI=1S/C10H11NO2.C2H6/c1-7-5-3-4-6-8(7)9(11-2)10(12)13;1-2/h3-6,11H,1H2,2H3,(H,12,13);1-2H3/b9-8-;. The largest absolute Gasteiger partial charge is 0.477 e. The van der Waals surface area contributed by atoms with Gasteiger partial charge < -0.3 is 10.4 Å². The van der Waals surface area contributed by atoms with Crippen molar-refractivity contribution in [1.82, 2.24) is 5.32 Å². The van der Waals surface area contributed by atoms with Gasteiger partial charge in [0.05, 0.1) is 0 Å². The number of nitrogens with one attached hydrogen (secondary N) is 1. The Morgan fingerprint density at radius 1 is 1.33 bits per heavy atom. The second kappa shape index (κ2) is 6.65. The van der Waals surface area contributed by atoms with Gasteiger partial charge in [-0.05, 0) is 5.22 Å². The fourth-order valence-electron chi connectivity index (χ4n) is 1.12. The fourth-order valence-corrected chi connectivity index (χ4v) is 1.12. The number of benzene rings is 1. The summed E-state index contributed by atoms with van der Waals surface area (Å²) in [5.74, 6) is -0.974. The molecule has 0 fully saturated rings. The molecular weight excluding hydrogens is 190 g/mol. The number of rotatable bonds is 2. The molecule has 15 heavy (non-hydrogen) atoms. The van der Waals surface area contributed by atoms with Crippen LogP contribution in [0.4, 0.5) is 0 Å². The minimum absolute atomic E-state index is 0.172. The quantitative estimate of drug-likeness (QED) is 0.744. The SMILES string of the molecule is C=c1cccc/c1=C(/NC)C(=O)O.CC. The summed E-state index contributed by atoms with van der Waals surface area (Å²) in [5, 5.41) is 12.8. The van der Waals surface area contributed by atoms with E-state index in [1.807, 2.05) is 19.9 Å². The van der Waals surface area contributed by atoms with Crippen LogP contribution in [-0.2, 0) is 4.79 Å². The lowest BCUT2D eigenvalue weighted by molar-refractivity contribution is -0.130. The van der Waals surface area contributed by atoms with Gasteiger partial charge >= 0.3 is 5.97 Å². The Labute approximate surface area is 89.8 Å². The number of aliphatic carboxylic acids is 1. The molecule has 1 aromatic rings. The van der Waals surface area contributed by atoms with E-state index in [-0.39, 0.29) is 5.70 Å². The Morgan fingerprint density at radius 2 is 1.87 bits per heavy atom. The molecule has 82 valence electrons. The highest BCUT2D eigenvalue weighted by atomic mass is 16.4. The number of likely N-dealkylation sites (N-methyl/N-ethyl adjacent to an activating group) is 1. The lowest BCUT2D eigenvalue weighted by Gasteiger charge is -2.00. The lowest BCUT2D eigenvalue weighted by atomic mass is 10.2. The molecule has 0 heterocycles. The van der Waals surface area contributed by atoms with Crippen molar-refractivity contribution in [3.63, 3.8) is 0 Å². The van der Waals surface area contributed by atoms with Crippen molar-refractivity contribution >= 4 is 18.2 Å². The first-order valence-electron chi connectivity index (χ1n) is 4.86. The molecule has 0 amide bonds.